The Hall–Kier alpha value is -2.24. The molecule has 3 rings (SSSR count). The first-order valence-corrected chi connectivity index (χ1v) is 6.23. The van der Waals surface area contributed by atoms with Gasteiger partial charge in [-0.2, -0.15) is 4.39 Å². The predicted molar refractivity (Wildman–Crippen MR) is 66.2 cm³/mol. The molecule has 4 nitrogen and oxygen atoms in total. The SMILES string of the molecule is O=C(O)[C@H]1C[C@@H]1c1ccc(Cn2cnc(F)c2)cc1F. The van der Waals surface area contributed by atoms with Gasteiger partial charge in [0.15, 0.2) is 0 Å². The van der Waals surface area contributed by atoms with Gasteiger partial charge < -0.3 is 9.67 Å². The number of aromatic nitrogens is 2. The van der Waals surface area contributed by atoms with Crippen molar-refractivity contribution in [1.82, 2.24) is 9.55 Å². The monoisotopic (exact) mass is 278 g/mol. The van der Waals surface area contributed by atoms with E-state index >= 15 is 0 Å². The van der Waals surface area contributed by atoms with E-state index in [0.717, 1.165) is 0 Å². The van der Waals surface area contributed by atoms with Gasteiger partial charge in [0, 0.05) is 12.5 Å². The molecule has 6 heteroatoms. The standard InChI is InChI=1S/C14H12F2N2O2/c15-12-3-8(5-18-6-13(16)17-7-18)1-2-9(12)10-4-11(10)14(19)20/h1-3,6-7,10-11H,4-5H2,(H,19,20)/t10-,11+/m1/s1. The smallest absolute Gasteiger partial charge is 0.307 e. The third-order valence-corrected chi connectivity index (χ3v) is 3.54. The molecule has 0 bridgehead atoms. The molecule has 1 aromatic heterocycles. The topological polar surface area (TPSA) is 55.1 Å². The Bertz CT molecular complexity index is 669. The first kappa shape index (κ1) is 12.8. The predicted octanol–water partition coefficient (Wildman–Crippen LogP) is 2.40. The summed E-state index contributed by atoms with van der Waals surface area (Å²) in [6, 6.07) is 4.71. The highest BCUT2D eigenvalue weighted by Gasteiger charge is 2.45. The summed E-state index contributed by atoms with van der Waals surface area (Å²) in [5.41, 5.74) is 1.12. The molecule has 0 radical (unpaired) electrons. The van der Waals surface area contributed by atoms with Crippen molar-refractivity contribution in [3.8, 4) is 0 Å². The molecule has 0 saturated heterocycles. The fraction of sp³-hybridized carbons (Fsp3) is 0.286. The molecule has 1 saturated carbocycles. The van der Waals surface area contributed by atoms with Gasteiger partial charge in [0.2, 0.25) is 5.95 Å². The van der Waals surface area contributed by atoms with E-state index in [1.54, 1.807) is 12.1 Å². The van der Waals surface area contributed by atoms with E-state index in [1.807, 2.05) is 0 Å². The maximum absolute atomic E-state index is 14.0. The number of rotatable bonds is 4. The Morgan fingerprint density at radius 1 is 1.45 bits per heavy atom. The molecule has 1 aliphatic rings. The fourth-order valence-electron chi connectivity index (χ4n) is 2.41. The first-order valence-electron chi connectivity index (χ1n) is 6.23. The van der Waals surface area contributed by atoms with Gasteiger partial charge >= 0.3 is 5.97 Å². The van der Waals surface area contributed by atoms with Gasteiger partial charge in [0.1, 0.15) is 5.82 Å². The van der Waals surface area contributed by atoms with Crippen molar-refractivity contribution in [2.75, 3.05) is 0 Å². The van der Waals surface area contributed by atoms with E-state index in [4.69, 9.17) is 5.11 Å². The summed E-state index contributed by atoms with van der Waals surface area (Å²) in [7, 11) is 0. The van der Waals surface area contributed by atoms with E-state index < -0.39 is 23.7 Å². The van der Waals surface area contributed by atoms with Crippen LogP contribution in [0.15, 0.2) is 30.7 Å². The number of aliphatic carboxylic acids is 1. The van der Waals surface area contributed by atoms with Crippen molar-refractivity contribution >= 4 is 5.97 Å². The van der Waals surface area contributed by atoms with E-state index in [2.05, 4.69) is 4.98 Å². The molecule has 1 heterocycles. The number of carboxylic acid groups (broad SMARTS) is 1. The number of hydrogen-bond acceptors (Lipinski definition) is 2. The number of imidazole rings is 1. The molecule has 0 spiro atoms. The van der Waals surface area contributed by atoms with Gasteiger partial charge in [0.05, 0.1) is 18.4 Å². The Morgan fingerprint density at radius 2 is 2.25 bits per heavy atom. The highest BCUT2D eigenvalue weighted by molar-refractivity contribution is 5.75. The van der Waals surface area contributed by atoms with E-state index in [9.17, 15) is 13.6 Å². The van der Waals surface area contributed by atoms with Crippen LogP contribution in [-0.2, 0) is 11.3 Å². The average molecular weight is 278 g/mol. The van der Waals surface area contributed by atoms with Gasteiger partial charge in [-0.1, -0.05) is 12.1 Å². The second-order valence-electron chi connectivity index (χ2n) is 5.01. The van der Waals surface area contributed by atoms with Crippen LogP contribution in [0.4, 0.5) is 8.78 Å². The lowest BCUT2D eigenvalue weighted by Crippen LogP contribution is -2.02. The van der Waals surface area contributed by atoms with Crippen LogP contribution in [0.1, 0.15) is 23.5 Å². The lowest BCUT2D eigenvalue weighted by Gasteiger charge is -2.06. The molecule has 1 fully saturated rings. The fourth-order valence-corrected chi connectivity index (χ4v) is 2.41. The lowest BCUT2D eigenvalue weighted by atomic mass is 10.1. The summed E-state index contributed by atoms with van der Waals surface area (Å²) in [6.45, 7) is 0.321. The zero-order valence-corrected chi connectivity index (χ0v) is 10.5. The zero-order valence-electron chi connectivity index (χ0n) is 10.5. The second-order valence-corrected chi connectivity index (χ2v) is 5.01. The van der Waals surface area contributed by atoms with Crippen molar-refractivity contribution in [3.05, 3.63) is 53.6 Å². The zero-order chi connectivity index (χ0) is 14.3. The van der Waals surface area contributed by atoms with Crippen molar-refractivity contribution in [2.45, 2.75) is 18.9 Å². The number of carbonyl (C=O) groups is 1. The molecule has 1 N–H and O–H groups in total. The first-order chi connectivity index (χ1) is 9.54. The summed E-state index contributed by atoms with van der Waals surface area (Å²) >= 11 is 0. The van der Waals surface area contributed by atoms with Crippen molar-refractivity contribution in [1.29, 1.82) is 0 Å². The maximum atomic E-state index is 14.0. The van der Waals surface area contributed by atoms with Gasteiger partial charge in [-0.05, 0) is 23.6 Å². The van der Waals surface area contributed by atoms with Crippen LogP contribution in [0.5, 0.6) is 0 Å². The van der Waals surface area contributed by atoms with Crippen LogP contribution in [-0.4, -0.2) is 20.6 Å². The highest BCUT2D eigenvalue weighted by Crippen LogP contribution is 2.48. The van der Waals surface area contributed by atoms with Gasteiger partial charge in [-0.25, -0.2) is 9.37 Å². The van der Waals surface area contributed by atoms with Crippen molar-refractivity contribution in [3.63, 3.8) is 0 Å². The summed E-state index contributed by atoms with van der Waals surface area (Å²) in [5.74, 6) is -2.57. The third-order valence-electron chi connectivity index (χ3n) is 3.54. The van der Waals surface area contributed by atoms with Gasteiger partial charge in [-0.15, -0.1) is 0 Å². The average Bonchev–Trinajstić information content (AvgIpc) is 3.07. The molecule has 104 valence electrons. The molecule has 0 aliphatic heterocycles. The summed E-state index contributed by atoms with van der Waals surface area (Å²) in [6.07, 6.45) is 3.05. The molecule has 0 unspecified atom stereocenters. The van der Waals surface area contributed by atoms with Crippen LogP contribution in [0.2, 0.25) is 0 Å². The Balaban J connectivity index is 1.76. The molecule has 20 heavy (non-hydrogen) atoms. The van der Waals surface area contributed by atoms with E-state index in [0.29, 0.717) is 24.1 Å². The van der Waals surface area contributed by atoms with Gasteiger partial charge in [0.25, 0.3) is 0 Å². The van der Waals surface area contributed by atoms with E-state index in [1.165, 1.54) is 23.2 Å². The summed E-state index contributed by atoms with van der Waals surface area (Å²) < 4.78 is 28.3. The molecule has 1 aliphatic carbocycles. The lowest BCUT2D eigenvalue weighted by molar-refractivity contribution is -0.138. The van der Waals surface area contributed by atoms with Crippen LogP contribution in [0, 0.1) is 17.7 Å². The van der Waals surface area contributed by atoms with Gasteiger partial charge in [-0.3, -0.25) is 4.79 Å². The number of halogens is 2. The minimum Gasteiger partial charge on any atom is -0.481 e. The Kier molecular flexibility index (Phi) is 3.00. The summed E-state index contributed by atoms with van der Waals surface area (Å²) in [4.78, 5) is 14.3. The molecule has 1 aromatic carbocycles. The molecular formula is C14H12F2N2O2. The summed E-state index contributed by atoms with van der Waals surface area (Å²) in [5, 5.41) is 8.86. The number of carboxylic acids is 1. The van der Waals surface area contributed by atoms with Crippen molar-refractivity contribution < 1.29 is 18.7 Å². The van der Waals surface area contributed by atoms with Crippen LogP contribution in [0.25, 0.3) is 0 Å². The number of hydrogen-bond donors (Lipinski definition) is 1. The van der Waals surface area contributed by atoms with Crippen LogP contribution < -0.4 is 0 Å². The largest absolute Gasteiger partial charge is 0.481 e. The second kappa shape index (κ2) is 4.70. The minimum absolute atomic E-state index is 0.229. The molecule has 2 atom stereocenters. The Labute approximate surface area is 113 Å². The molecular weight excluding hydrogens is 266 g/mol. The maximum Gasteiger partial charge on any atom is 0.307 e. The van der Waals surface area contributed by atoms with Crippen molar-refractivity contribution in [2.24, 2.45) is 5.92 Å². The van der Waals surface area contributed by atoms with Crippen LogP contribution >= 0.6 is 0 Å². The molecule has 2 aromatic rings. The highest BCUT2D eigenvalue weighted by atomic mass is 19.1. The number of benzene rings is 1. The number of nitrogens with zero attached hydrogens (tertiary/aromatic N) is 2. The van der Waals surface area contributed by atoms with E-state index in [-0.39, 0.29) is 5.92 Å². The quantitative estimate of drug-likeness (QED) is 0.934. The Morgan fingerprint density at radius 3 is 2.80 bits per heavy atom. The molecule has 0 amide bonds. The van der Waals surface area contributed by atoms with Crippen LogP contribution in [0.3, 0.4) is 0 Å². The minimum atomic E-state index is -0.882. The third kappa shape index (κ3) is 2.41. The normalized spacial score (nSPS) is 20.9.